The molecule has 2 unspecified atom stereocenters. The number of ether oxygens (including phenoxy) is 1. The molecular formula is C6H12O5S. The van der Waals surface area contributed by atoms with Gasteiger partial charge in [0.05, 0.1) is 18.8 Å². The van der Waals surface area contributed by atoms with Crippen molar-refractivity contribution in [1.29, 1.82) is 0 Å². The van der Waals surface area contributed by atoms with Gasteiger partial charge in [-0.3, -0.25) is 4.55 Å². The second-order valence-electron chi connectivity index (χ2n) is 2.86. The fraction of sp³-hybridized carbons (Fsp3) is 1.00. The average molecular weight is 196 g/mol. The molecule has 0 saturated carbocycles. The lowest BCUT2D eigenvalue weighted by atomic mass is 10.2. The lowest BCUT2D eigenvalue weighted by Crippen LogP contribution is -2.18. The Morgan fingerprint density at radius 2 is 2.25 bits per heavy atom. The molecule has 1 heterocycles. The van der Waals surface area contributed by atoms with Crippen LogP contribution in [0.5, 0.6) is 0 Å². The fourth-order valence-corrected chi connectivity index (χ4v) is 1.49. The molecule has 0 radical (unpaired) electrons. The molecule has 5 nitrogen and oxygen atoms in total. The van der Waals surface area contributed by atoms with Crippen LogP contribution in [0.15, 0.2) is 0 Å². The highest BCUT2D eigenvalue weighted by atomic mass is 32.3. The minimum atomic E-state index is -4.31. The molecule has 0 amide bonds. The molecule has 1 saturated heterocycles. The van der Waals surface area contributed by atoms with Gasteiger partial charge < -0.3 is 4.74 Å². The third kappa shape index (κ3) is 3.48. The second kappa shape index (κ2) is 3.69. The minimum absolute atomic E-state index is 0.0941. The summed E-state index contributed by atoms with van der Waals surface area (Å²) in [5.74, 6) is 0. The van der Waals surface area contributed by atoms with Gasteiger partial charge in [0.1, 0.15) is 0 Å². The Kier molecular flexibility index (Phi) is 3.05. The Labute approximate surface area is 71.6 Å². The standard InChI is InChI=1S/C6H12O5S/c1-5-2-3-6(11-5)4-10-12(7,8)9/h5-6H,2-4H2,1H3,(H,7,8,9). The van der Waals surface area contributed by atoms with Crippen LogP contribution in [0.2, 0.25) is 0 Å². The van der Waals surface area contributed by atoms with Crippen molar-refractivity contribution in [3.8, 4) is 0 Å². The lowest BCUT2D eigenvalue weighted by molar-refractivity contribution is 0.0252. The summed E-state index contributed by atoms with van der Waals surface area (Å²) in [7, 11) is -4.31. The molecule has 12 heavy (non-hydrogen) atoms. The number of rotatable bonds is 3. The molecule has 2 atom stereocenters. The molecule has 0 bridgehead atoms. The van der Waals surface area contributed by atoms with Crippen LogP contribution in [-0.4, -0.2) is 31.8 Å². The van der Waals surface area contributed by atoms with Crippen molar-refractivity contribution in [2.45, 2.75) is 32.0 Å². The number of hydrogen-bond acceptors (Lipinski definition) is 4. The van der Waals surface area contributed by atoms with Crippen LogP contribution in [0.1, 0.15) is 19.8 Å². The molecule has 0 aromatic carbocycles. The Hall–Kier alpha value is -0.170. The molecule has 72 valence electrons. The van der Waals surface area contributed by atoms with Crippen molar-refractivity contribution in [3.05, 3.63) is 0 Å². The van der Waals surface area contributed by atoms with Crippen molar-refractivity contribution >= 4 is 10.4 Å². The Morgan fingerprint density at radius 1 is 1.58 bits per heavy atom. The van der Waals surface area contributed by atoms with Crippen LogP contribution in [0.25, 0.3) is 0 Å². The zero-order chi connectivity index (χ0) is 9.19. The van der Waals surface area contributed by atoms with Crippen molar-refractivity contribution < 1.29 is 21.9 Å². The minimum Gasteiger partial charge on any atom is -0.373 e. The van der Waals surface area contributed by atoms with Gasteiger partial charge in [-0.05, 0) is 19.8 Å². The van der Waals surface area contributed by atoms with E-state index in [1.807, 2.05) is 6.92 Å². The van der Waals surface area contributed by atoms with Gasteiger partial charge in [0.15, 0.2) is 0 Å². The third-order valence-corrected chi connectivity index (χ3v) is 2.16. The summed E-state index contributed by atoms with van der Waals surface area (Å²) in [5.41, 5.74) is 0. The predicted molar refractivity (Wildman–Crippen MR) is 41.1 cm³/mol. The highest BCUT2D eigenvalue weighted by molar-refractivity contribution is 7.80. The average Bonchev–Trinajstić information content (AvgIpc) is 2.30. The van der Waals surface area contributed by atoms with Crippen molar-refractivity contribution in [2.75, 3.05) is 6.61 Å². The Bertz CT molecular complexity index is 234. The van der Waals surface area contributed by atoms with Crippen molar-refractivity contribution in [3.63, 3.8) is 0 Å². The fourth-order valence-electron chi connectivity index (χ4n) is 1.17. The summed E-state index contributed by atoms with van der Waals surface area (Å²) in [6.45, 7) is 1.82. The first-order chi connectivity index (χ1) is 5.47. The van der Waals surface area contributed by atoms with Crippen LogP contribution in [0, 0.1) is 0 Å². The van der Waals surface area contributed by atoms with Crippen LogP contribution in [0.4, 0.5) is 0 Å². The van der Waals surface area contributed by atoms with E-state index in [-0.39, 0.29) is 18.8 Å². The van der Waals surface area contributed by atoms with Gasteiger partial charge in [-0.1, -0.05) is 0 Å². The van der Waals surface area contributed by atoms with E-state index in [1.165, 1.54) is 0 Å². The molecular weight excluding hydrogens is 184 g/mol. The maximum absolute atomic E-state index is 10.1. The van der Waals surface area contributed by atoms with Crippen LogP contribution in [0.3, 0.4) is 0 Å². The molecule has 1 aliphatic rings. The molecule has 0 aromatic rings. The van der Waals surface area contributed by atoms with Crippen LogP contribution >= 0.6 is 0 Å². The lowest BCUT2D eigenvalue weighted by Gasteiger charge is -2.08. The molecule has 6 heteroatoms. The van der Waals surface area contributed by atoms with E-state index in [0.29, 0.717) is 0 Å². The smallest absolute Gasteiger partial charge is 0.373 e. The maximum atomic E-state index is 10.1. The van der Waals surface area contributed by atoms with E-state index >= 15 is 0 Å². The Morgan fingerprint density at radius 3 is 2.67 bits per heavy atom. The van der Waals surface area contributed by atoms with E-state index < -0.39 is 10.4 Å². The SMILES string of the molecule is CC1CCC(COS(=O)(=O)O)O1. The Balaban J connectivity index is 2.25. The third-order valence-electron chi connectivity index (χ3n) is 1.72. The molecule has 0 spiro atoms. The van der Waals surface area contributed by atoms with Gasteiger partial charge in [-0.25, -0.2) is 4.18 Å². The molecule has 0 aromatic heterocycles. The summed E-state index contributed by atoms with van der Waals surface area (Å²) < 4.78 is 38.0. The molecule has 1 rings (SSSR count). The summed E-state index contributed by atoms with van der Waals surface area (Å²) >= 11 is 0. The van der Waals surface area contributed by atoms with E-state index in [2.05, 4.69) is 4.18 Å². The second-order valence-corrected chi connectivity index (χ2v) is 3.95. The summed E-state index contributed by atoms with van der Waals surface area (Å²) in [6.07, 6.45) is 1.62. The monoisotopic (exact) mass is 196 g/mol. The van der Waals surface area contributed by atoms with Crippen LogP contribution < -0.4 is 0 Å². The first-order valence-electron chi connectivity index (χ1n) is 3.74. The maximum Gasteiger partial charge on any atom is 0.397 e. The highest BCUT2D eigenvalue weighted by Crippen LogP contribution is 2.19. The van der Waals surface area contributed by atoms with Crippen molar-refractivity contribution in [2.24, 2.45) is 0 Å². The number of hydrogen-bond donors (Lipinski definition) is 1. The normalized spacial score (nSPS) is 30.8. The summed E-state index contributed by atoms with van der Waals surface area (Å²) in [6, 6.07) is 0. The molecule has 1 fully saturated rings. The van der Waals surface area contributed by atoms with Gasteiger partial charge >= 0.3 is 10.4 Å². The quantitative estimate of drug-likeness (QED) is 0.660. The summed E-state index contributed by atoms with van der Waals surface area (Å²) in [5, 5.41) is 0. The first kappa shape index (κ1) is 9.91. The van der Waals surface area contributed by atoms with Gasteiger partial charge in [0.25, 0.3) is 0 Å². The van der Waals surface area contributed by atoms with E-state index in [4.69, 9.17) is 9.29 Å². The zero-order valence-corrected chi connectivity index (χ0v) is 7.58. The highest BCUT2D eigenvalue weighted by Gasteiger charge is 2.23. The predicted octanol–water partition coefficient (Wildman–Crippen LogP) is 0.373. The van der Waals surface area contributed by atoms with Gasteiger partial charge in [0, 0.05) is 0 Å². The first-order valence-corrected chi connectivity index (χ1v) is 5.11. The zero-order valence-electron chi connectivity index (χ0n) is 6.76. The van der Waals surface area contributed by atoms with Crippen molar-refractivity contribution in [1.82, 2.24) is 0 Å². The van der Waals surface area contributed by atoms with Gasteiger partial charge in [-0.15, -0.1) is 0 Å². The topological polar surface area (TPSA) is 72.8 Å². The summed E-state index contributed by atoms with van der Waals surface area (Å²) in [4.78, 5) is 0. The van der Waals surface area contributed by atoms with Gasteiger partial charge in [0.2, 0.25) is 0 Å². The van der Waals surface area contributed by atoms with E-state index in [9.17, 15) is 8.42 Å². The van der Waals surface area contributed by atoms with Gasteiger partial charge in [-0.2, -0.15) is 8.42 Å². The molecule has 0 aliphatic carbocycles. The largest absolute Gasteiger partial charge is 0.397 e. The molecule has 1 aliphatic heterocycles. The van der Waals surface area contributed by atoms with E-state index in [1.54, 1.807) is 0 Å². The van der Waals surface area contributed by atoms with E-state index in [0.717, 1.165) is 12.8 Å². The van der Waals surface area contributed by atoms with Crippen LogP contribution in [-0.2, 0) is 19.3 Å². The molecule has 1 N–H and O–H groups in total.